The molecule has 1 amide bonds. The first-order valence-corrected chi connectivity index (χ1v) is 4.61. The quantitative estimate of drug-likeness (QED) is 0.594. The smallest absolute Gasteiger partial charge is 0.252 e. The summed E-state index contributed by atoms with van der Waals surface area (Å²) < 4.78 is 5.52. The first-order valence-electron chi connectivity index (χ1n) is 4.61. The molecular formula is C9H15NO2. The molecule has 2 rings (SSSR count). The second kappa shape index (κ2) is 2.22. The Morgan fingerprint density at radius 3 is 2.33 bits per heavy atom. The van der Waals surface area contributed by atoms with Gasteiger partial charge < -0.3 is 10.5 Å². The summed E-state index contributed by atoms with van der Waals surface area (Å²) >= 11 is 0. The van der Waals surface area contributed by atoms with Crippen LogP contribution in [0, 0.1) is 0 Å². The number of hydrogen-bond donors (Lipinski definition) is 1. The van der Waals surface area contributed by atoms with Gasteiger partial charge in [0.2, 0.25) is 0 Å². The zero-order valence-electron chi connectivity index (χ0n) is 7.43. The van der Waals surface area contributed by atoms with Gasteiger partial charge in [0.05, 0.1) is 0 Å². The predicted octanol–water partition coefficient (Wildman–Crippen LogP) is 0.963. The van der Waals surface area contributed by atoms with E-state index in [-0.39, 0.29) is 11.5 Å². The van der Waals surface area contributed by atoms with Crippen LogP contribution in [0.4, 0.5) is 0 Å². The second-order valence-corrected chi connectivity index (χ2v) is 4.05. The fourth-order valence-electron chi connectivity index (χ4n) is 2.34. The van der Waals surface area contributed by atoms with Gasteiger partial charge in [0.25, 0.3) is 5.91 Å². The summed E-state index contributed by atoms with van der Waals surface area (Å²) in [5, 5.41) is 0. The summed E-state index contributed by atoms with van der Waals surface area (Å²) in [6.45, 7) is 1.82. The Labute approximate surface area is 72.3 Å². The number of carbonyl (C=O) groups is 1. The average Bonchev–Trinajstić information content (AvgIpc) is 2.59. The maximum atomic E-state index is 11.1. The van der Waals surface area contributed by atoms with Crippen LogP contribution in [0.1, 0.15) is 39.0 Å². The van der Waals surface area contributed by atoms with Crippen molar-refractivity contribution in [1.29, 1.82) is 0 Å². The van der Waals surface area contributed by atoms with Gasteiger partial charge in [0, 0.05) is 0 Å². The highest BCUT2D eigenvalue weighted by Crippen LogP contribution is 2.56. The van der Waals surface area contributed by atoms with Crippen LogP contribution >= 0.6 is 0 Å². The maximum Gasteiger partial charge on any atom is 0.252 e. The van der Waals surface area contributed by atoms with E-state index in [1.54, 1.807) is 0 Å². The van der Waals surface area contributed by atoms with Gasteiger partial charge in [0.1, 0.15) is 5.60 Å². The molecule has 1 aliphatic carbocycles. The minimum atomic E-state index is -0.645. The standard InChI is InChI=1S/C9H15NO2/c1-8(7(10)11)9(12-8)5-3-2-4-6-9/h2-6H2,1H3,(H2,10,11)/t8-/m0/s1. The normalized spacial score (nSPS) is 38.1. The molecule has 1 aliphatic heterocycles. The van der Waals surface area contributed by atoms with Crippen molar-refractivity contribution >= 4 is 5.91 Å². The van der Waals surface area contributed by atoms with E-state index < -0.39 is 5.60 Å². The van der Waals surface area contributed by atoms with E-state index in [0.717, 1.165) is 12.8 Å². The molecule has 3 heteroatoms. The summed E-state index contributed by atoms with van der Waals surface area (Å²) in [5.74, 6) is -0.301. The maximum absolute atomic E-state index is 11.1. The number of primary amides is 1. The number of rotatable bonds is 1. The first kappa shape index (κ1) is 8.05. The monoisotopic (exact) mass is 169 g/mol. The van der Waals surface area contributed by atoms with E-state index in [1.807, 2.05) is 6.92 Å². The van der Waals surface area contributed by atoms with Crippen molar-refractivity contribution < 1.29 is 9.53 Å². The van der Waals surface area contributed by atoms with Crippen molar-refractivity contribution in [3.63, 3.8) is 0 Å². The van der Waals surface area contributed by atoms with Crippen LogP contribution in [0.25, 0.3) is 0 Å². The molecule has 12 heavy (non-hydrogen) atoms. The van der Waals surface area contributed by atoms with Gasteiger partial charge >= 0.3 is 0 Å². The molecule has 0 bridgehead atoms. The number of nitrogens with two attached hydrogens (primary N) is 1. The van der Waals surface area contributed by atoms with Crippen molar-refractivity contribution in [2.24, 2.45) is 5.73 Å². The Balaban J connectivity index is 2.12. The van der Waals surface area contributed by atoms with E-state index in [2.05, 4.69) is 0 Å². The molecule has 0 unspecified atom stereocenters. The molecule has 1 saturated heterocycles. The Hall–Kier alpha value is -0.570. The summed E-state index contributed by atoms with van der Waals surface area (Å²) in [4.78, 5) is 11.1. The van der Waals surface area contributed by atoms with Crippen LogP contribution in [-0.4, -0.2) is 17.1 Å². The van der Waals surface area contributed by atoms with Crippen LogP contribution in [-0.2, 0) is 9.53 Å². The van der Waals surface area contributed by atoms with Gasteiger partial charge in [0.15, 0.2) is 5.60 Å². The molecular weight excluding hydrogens is 154 g/mol. The van der Waals surface area contributed by atoms with Crippen LogP contribution in [0.3, 0.4) is 0 Å². The van der Waals surface area contributed by atoms with Crippen LogP contribution in [0.2, 0.25) is 0 Å². The molecule has 2 aliphatic rings. The number of hydrogen-bond acceptors (Lipinski definition) is 2. The van der Waals surface area contributed by atoms with Crippen molar-refractivity contribution in [2.45, 2.75) is 50.2 Å². The van der Waals surface area contributed by atoms with Gasteiger partial charge in [-0.2, -0.15) is 0 Å². The van der Waals surface area contributed by atoms with Crippen LogP contribution in [0.15, 0.2) is 0 Å². The predicted molar refractivity (Wildman–Crippen MR) is 44.5 cm³/mol. The van der Waals surface area contributed by atoms with Crippen molar-refractivity contribution in [2.75, 3.05) is 0 Å². The highest BCUT2D eigenvalue weighted by Gasteiger charge is 2.70. The molecule has 68 valence electrons. The first-order chi connectivity index (χ1) is 5.61. The SMILES string of the molecule is C[C@@]1(C(N)=O)OC12CCCCC2. The third-order valence-corrected chi connectivity index (χ3v) is 3.36. The molecule has 1 atom stereocenters. The third kappa shape index (κ3) is 0.829. The van der Waals surface area contributed by atoms with Crippen molar-refractivity contribution in [1.82, 2.24) is 0 Å². The fraction of sp³-hybridized carbons (Fsp3) is 0.889. The summed E-state index contributed by atoms with van der Waals surface area (Å²) in [5.41, 5.74) is 4.46. The fourth-order valence-corrected chi connectivity index (χ4v) is 2.34. The van der Waals surface area contributed by atoms with Gasteiger partial charge in [-0.3, -0.25) is 4.79 Å². The van der Waals surface area contributed by atoms with E-state index in [4.69, 9.17) is 10.5 Å². The van der Waals surface area contributed by atoms with E-state index in [9.17, 15) is 4.79 Å². The molecule has 1 heterocycles. The summed E-state index contributed by atoms with van der Waals surface area (Å²) in [7, 11) is 0. The van der Waals surface area contributed by atoms with Gasteiger partial charge in [-0.15, -0.1) is 0 Å². The van der Waals surface area contributed by atoms with Crippen LogP contribution < -0.4 is 5.73 Å². The Morgan fingerprint density at radius 1 is 1.33 bits per heavy atom. The lowest BCUT2D eigenvalue weighted by Gasteiger charge is -2.19. The largest absolute Gasteiger partial charge is 0.367 e. The molecule has 3 nitrogen and oxygen atoms in total. The average molecular weight is 169 g/mol. The van der Waals surface area contributed by atoms with Gasteiger partial charge in [-0.25, -0.2) is 0 Å². The highest BCUT2D eigenvalue weighted by atomic mass is 16.6. The Bertz CT molecular complexity index is 221. The molecule has 1 spiro atoms. The van der Waals surface area contributed by atoms with Crippen molar-refractivity contribution in [3.05, 3.63) is 0 Å². The lowest BCUT2D eigenvalue weighted by molar-refractivity contribution is -0.122. The Morgan fingerprint density at radius 2 is 1.92 bits per heavy atom. The number of ether oxygens (including phenoxy) is 1. The highest BCUT2D eigenvalue weighted by molar-refractivity contribution is 5.87. The topological polar surface area (TPSA) is 55.6 Å². The molecule has 0 aromatic heterocycles. The third-order valence-electron chi connectivity index (χ3n) is 3.36. The number of amides is 1. The molecule has 2 N–H and O–H groups in total. The minimum absolute atomic E-state index is 0.170. The number of carbonyl (C=O) groups excluding carboxylic acids is 1. The molecule has 0 aromatic rings. The van der Waals surface area contributed by atoms with Gasteiger partial charge in [-0.05, 0) is 19.8 Å². The molecule has 1 saturated carbocycles. The summed E-state index contributed by atoms with van der Waals surface area (Å²) in [6.07, 6.45) is 5.62. The zero-order valence-corrected chi connectivity index (χ0v) is 7.43. The molecule has 2 fully saturated rings. The summed E-state index contributed by atoms with van der Waals surface area (Å²) in [6, 6.07) is 0. The lowest BCUT2D eigenvalue weighted by atomic mass is 9.80. The van der Waals surface area contributed by atoms with E-state index >= 15 is 0 Å². The zero-order chi connectivity index (χ0) is 8.82. The molecule has 0 radical (unpaired) electrons. The Kier molecular flexibility index (Phi) is 1.49. The molecule has 0 aromatic carbocycles. The minimum Gasteiger partial charge on any atom is -0.367 e. The van der Waals surface area contributed by atoms with Crippen LogP contribution in [0.5, 0.6) is 0 Å². The van der Waals surface area contributed by atoms with E-state index in [0.29, 0.717) is 0 Å². The second-order valence-electron chi connectivity index (χ2n) is 4.05. The van der Waals surface area contributed by atoms with Gasteiger partial charge in [-0.1, -0.05) is 19.3 Å². The van der Waals surface area contributed by atoms with E-state index in [1.165, 1.54) is 19.3 Å². The lowest BCUT2D eigenvalue weighted by Crippen LogP contribution is -2.37. The number of epoxide rings is 1. The van der Waals surface area contributed by atoms with Crippen molar-refractivity contribution in [3.8, 4) is 0 Å².